The minimum atomic E-state index is 0.406. The molecule has 2 saturated carbocycles. The Hall–Kier alpha value is -1.63. The molecule has 2 bridgehead atoms. The second kappa shape index (κ2) is 5.63. The third-order valence-corrected chi connectivity index (χ3v) is 4.88. The number of nitrogens with zero attached hydrogens (tertiary/aromatic N) is 5. The largest absolute Gasteiger partial charge is 0.347 e. The molecule has 116 valence electrons. The first-order chi connectivity index (χ1) is 10.1. The summed E-state index contributed by atoms with van der Waals surface area (Å²) in [6.45, 7) is 1.02. The van der Waals surface area contributed by atoms with Crippen molar-refractivity contribution in [3.05, 3.63) is 0 Å². The van der Waals surface area contributed by atoms with Gasteiger partial charge in [0.1, 0.15) is 0 Å². The van der Waals surface area contributed by atoms with Gasteiger partial charge < -0.3 is 9.80 Å². The van der Waals surface area contributed by atoms with Crippen LogP contribution in [-0.2, 0) is 0 Å². The van der Waals surface area contributed by atoms with Gasteiger partial charge in [-0.25, -0.2) is 5.84 Å². The summed E-state index contributed by atoms with van der Waals surface area (Å²) < 4.78 is 0. The number of rotatable bonds is 5. The molecule has 21 heavy (non-hydrogen) atoms. The first-order valence-corrected chi connectivity index (χ1v) is 7.68. The van der Waals surface area contributed by atoms with Gasteiger partial charge in [0.15, 0.2) is 0 Å². The molecule has 0 amide bonds. The number of aromatic nitrogens is 3. The van der Waals surface area contributed by atoms with Crippen LogP contribution in [0.2, 0.25) is 0 Å². The Morgan fingerprint density at radius 3 is 2.43 bits per heavy atom. The highest BCUT2D eigenvalue weighted by molar-refractivity contribution is 5.43. The zero-order valence-corrected chi connectivity index (χ0v) is 13.1. The maximum absolute atomic E-state index is 5.46. The monoisotopic (exact) mass is 291 g/mol. The fourth-order valence-electron chi connectivity index (χ4n) is 3.82. The average Bonchev–Trinajstić information content (AvgIpc) is 3.09. The van der Waals surface area contributed by atoms with Gasteiger partial charge in [-0.15, -0.1) is 0 Å². The van der Waals surface area contributed by atoms with Gasteiger partial charge >= 0.3 is 0 Å². The van der Waals surface area contributed by atoms with Crippen molar-refractivity contribution in [1.82, 2.24) is 15.0 Å². The van der Waals surface area contributed by atoms with E-state index in [2.05, 4.69) is 32.3 Å². The van der Waals surface area contributed by atoms with E-state index in [0.29, 0.717) is 17.8 Å². The van der Waals surface area contributed by atoms with Crippen molar-refractivity contribution in [2.75, 3.05) is 42.9 Å². The summed E-state index contributed by atoms with van der Waals surface area (Å²) in [5.41, 5.74) is 2.52. The summed E-state index contributed by atoms with van der Waals surface area (Å²) in [5, 5.41) is 0. The highest BCUT2D eigenvalue weighted by atomic mass is 15.4. The fourth-order valence-corrected chi connectivity index (χ4v) is 3.82. The third kappa shape index (κ3) is 2.88. The van der Waals surface area contributed by atoms with Crippen LogP contribution in [0.4, 0.5) is 17.8 Å². The molecular formula is C14H25N7. The van der Waals surface area contributed by atoms with Crippen molar-refractivity contribution in [1.29, 1.82) is 0 Å². The number of nitrogens with two attached hydrogens (primary N) is 1. The highest BCUT2D eigenvalue weighted by Gasteiger charge is 2.39. The summed E-state index contributed by atoms with van der Waals surface area (Å²) in [4.78, 5) is 17.1. The Balaban J connectivity index is 1.74. The van der Waals surface area contributed by atoms with E-state index in [1.807, 2.05) is 19.0 Å². The molecule has 1 aromatic heterocycles. The lowest BCUT2D eigenvalue weighted by Crippen LogP contribution is -2.31. The number of hydrogen-bond acceptors (Lipinski definition) is 7. The molecule has 3 N–H and O–H groups in total. The molecule has 0 radical (unpaired) electrons. The number of hydrogen-bond donors (Lipinski definition) is 2. The predicted octanol–water partition coefficient (Wildman–Crippen LogP) is 1.10. The first-order valence-electron chi connectivity index (χ1n) is 7.68. The number of fused-ring (bicyclic) bond motifs is 2. The quantitative estimate of drug-likeness (QED) is 0.620. The Kier molecular flexibility index (Phi) is 3.84. The van der Waals surface area contributed by atoms with E-state index in [-0.39, 0.29) is 0 Å². The second-order valence-electron chi connectivity index (χ2n) is 6.61. The minimum absolute atomic E-state index is 0.406. The number of anilines is 3. The van der Waals surface area contributed by atoms with Crippen LogP contribution in [0.5, 0.6) is 0 Å². The Morgan fingerprint density at radius 1 is 1.10 bits per heavy atom. The highest BCUT2D eigenvalue weighted by Crippen LogP contribution is 2.48. The van der Waals surface area contributed by atoms with E-state index in [9.17, 15) is 0 Å². The predicted molar refractivity (Wildman–Crippen MR) is 84.2 cm³/mol. The second-order valence-corrected chi connectivity index (χ2v) is 6.61. The van der Waals surface area contributed by atoms with Crippen LogP contribution >= 0.6 is 0 Å². The smallest absolute Gasteiger partial charge is 0.243 e. The molecule has 7 nitrogen and oxygen atoms in total. The van der Waals surface area contributed by atoms with Crippen LogP contribution in [0.15, 0.2) is 0 Å². The summed E-state index contributed by atoms with van der Waals surface area (Å²) in [5.74, 6) is 9.82. The van der Waals surface area contributed by atoms with Crippen LogP contribution < -0.4 is 21.1 Å². The molecular weight excluding hydrogens is 266 g/mol. The molecule has 0 aromatic carbocycles. The van der Waals surface area contributed by atoms with E-state index in [1.54, 1.807) is 0 Å². The molecule has 2 fully saturated rings. The van der Waals surface area contributed by atoms with E-state index in [0.717, 1.165) is 24.3 Å². The fraction of sp³-hybridized carbons (Fsp3) is 0.786. The zero-order chi connectivity index (χ0) is 15.0. The molecule has 3 unspecified atom stereocenters. The van der Waals surface area contributed by atoms with E-state index in [1.165, 1.54) is 25.7 Å². The van der Waals surface area contributed by atoms with Crippen molar-refractivity contribution in [3.8, 4) is 0 Å². The molecule has 2 aliphatic carbocycles. The average molecular weight is 291 g/mol. The van der Waals surface area contributed by atoms with Gasteiger partial charge in [-0.2, -0.15) is 15.0 Å². The summed E-state index contributed by atoms with van der Waals surface area (Å²) in [6, 6.07) is 0. The Labute approximate surface area is 125 Å². The van der Waals surface area contributed by atoms with Crippen LogP contribution in [0.25, 0.3) is 0 Å². The van der Waals surface area contributed by atoms with Gasteiger partial charge in [-0.1, -0.05) is 6.42 Å². The number of nitrogen functional groups attached to an aromatic ring is 1. The summed E-state index contributed by atoms with van der Waals surface area (Å²) >= 11 is 0. The normalized spacial score (nSPS) is 27.0. The molecule has 1 heterocycles. The Bertz CT molecular complexity index is 504. The molecule has 3 rings (SSSR count). The van der Waals surface area contributed by atoms with Gasteiger partial charge in [0, 0.05) is 27.7 Å². The molecule has 2 aliphatic rings. The van der Waals surface area contributed by atoms with E-state index < -0.39 is 0 Å². The van der Waals surface area contributed by atoms with Gasteiger partial charge in [-0.05, 0) is 37.0 Å². The standard InChI is InChI=1S/C14H25N7/c1-20(2)13-16-12(19-15)17-14(18-13)21(3)8-11-7-9-4-5-10(11)6-9/h9-11H,4-8,15H2,1-3H3,(H,16,17,18,19). The van der Waals surface area contributed by atoms with Crippen LogP contribution in [-0.4, -0.2) is 42.6 Å². The summed E-state index contributed by atoms with van der Waals surface area (Å²) in [7, 11) is 5.88. The maximum atomic E-state index is 5.46. The topological polar surface area (TPSA) is 83.2 Å². The summed E-state index contributed by atoms with van der Waals surface area (Å²) in [6.07, 6.45) is 5.62. The SMILES string of the molecule is CN(C)c1nc(NN)nc(N(C)CC2CC3CCC2C3)n1. The van der Waals surface area contributed by atoms with Crippen molar-refractivity contribution in [2.45, 2.75) is 25.7 Å². The minimum Gasteiger partial charge on any atom is -0.347 e. The molecule has 3 atom stereocenters. The van der Waals surface area contributed by atoms with Crippen LogP contribution in [0, 0.1) is 17.8 Å². The van der Waals surface area contributed by atoms with Crippen molar-refractivity contribution >= 4 is 17.8 Å². The van der Waals surface area contributed by atoms with Gasteiger partial charge in [0.25, 0.3) is 0 Å². The number of nitrogens with one attached hydrogen (secondary N) is 1. The Morgan fingerprint density at radius 2 is 1.86 bits per heavy atom. The van der Waals surface area contributed by atoms with E-state index >= 15 is 0 Å². The van der Waals surface area contributed by atoms with Gasteiger partial charge in [-0.3, -0.25) is 5.43 Å². The van der Waals surface area contributed by atoms with Crippen LogP contribution in [0.3, 0.4) is 0 Å². The maximum Gasteiger partial charge on any atom is 0.243 e. The first kappa shape index (κ1) is 14.3. The van der Waals surface area contributed by atoms with Gasteiger partial charge in [0.2, 0.25) is 17.8 Å². The molecule has 7 heteroatoms. The lowest BCUT2D eigenvalue weighted by Gasteiger charge is -2.27. The number of hydrazine groups is 1. The van der Waals surface area contributed by atoms with Crippen molar-refractivity contribution in [3.63, 3.8) is 0 Å². The van der Waals surface area contributed by atoms with Gasteiger partial charge in [0.05, 0.1) is 0 Å². The molecule has 1 aromatic rings. The molecule has 0 aliphatic heterocycles. The van der Waals surface area contributed by atoms with E-state index in [4.69, 9.17) is 5.84 Å². The lowest BCUT2D eigenvalue weighted by atomic mass is 9.88. The third-order valence-electron chi connectivity index (χ3n) is 4.88. The van der Waals surface area contributed by atoms with Crippen LogP contribution in [0.1, 0.15) is 25.7 Å². The molecule has 0 spiro atoms. The molecule has 0 saturated heterocycles. The van der Waals surface area contributed by atoms with Crippen molar-refractivity contribution in [2.24, 2.45) is 23.6 Å². The lowest BCUT2D eigenvalue weighted by molar-refractivity contribution is 0.336. The zero-order valence-electron chi connectivity index (χ0n) is 13.1. The van der Waals surface area contributed by atoms with Crippen molar-refractivity contribution < 1.29 is 0 Å².